The van der Waals surface area contributed by atoms with E-state index in [9.17, 15) is 9.59 Å². The summed E-state index contributed by atoms with van der Waals surface area (Å²) in [6.45, 7) is 6.78. The summed E-state index contributed by atoms with van der Waals surface area (Å²) < 4.78 is 16.0. The summed E-state index contributed by atoms with van der Waals surface area (Å²) in [5, 5.41) is 0. The first-order valence-corrected chi connectivity index (χ1v) is 10.0. The van der Waals surface area contributed by atoms with E-state index in [1.807, 2.05) is 24.3 Å². The van der Waals surface area contributed by atoms with E-state index in [4.69, 9.17) is 9.47 Å². The van der Waals surface area contributed by atoms with Gasteiger partial charge in [0.05, 0.1) is 19.3 Å². The lowest BCUT2D eigenvalue weighted by Crippen LogP contribution is -2.11. The Kier molecular flexibility index (Phi) is 9.38. The van der Waals surface area contributed by atoms with Gasteiger partial charge in [-0.3, -0.25) is 0 Å². The van der Waals surface area contributed by atoms with Gasteiger partial charge >= 0.3 is 11.9 Å². The SMILES string of the molecule is C=C1/C=C\C=C/C/C(C(=O)Oc2ccc(C(=O)OC)cc2)=C\C=C/1OCCCCC. The molecule has 0 N–H and O–H groups in total. The topological polar surface area (TPSA) is 61.8 Å². The second-order valence-corrected chi connectivity index (χ2v) is 6.70. The Morgan fingerprint density at radius 1 is 1.03 bits per heavy atom. The van der Waals surface area contributed by atoms with Crippen LogP contribution >= 0.6 is 0 Å². The third-order valence-electron chi connectivity index (χ3n) is 4.39. The van der Waals surface area contributed by atoms with Crippen LogP contribution in [0.3, 0.4) is 0 Å². The Morgan fingerprint density at radius 3 is 2.50 bits per heavy atom. The van der Waals surface area contributed by atoms with Gasteiger partial charge in [0.1, 0.15) is 11.5 Å². The third kappa shape index (κ3) is 7.24. The zero-order chi connectivity index (χ0) is 21.8. The fourth-order valence-corrected chi connectivity index (χ4v) is 2.65. The Labute approximate surface area is 178 Å². The Balaban J connectivity index is 2.14. The summed E-state index contributed by atoms with van der Waals surface area (Å²) in [7, 11) is 1.31. The molecule has 158 valence electrons. The Morgan fingerprint density at radius 2 is 1.80 bits per heavy atom. The molecule has 1 aromatic carbocycles. The van der Waals surface area contributed by atoms with Crippen molar-refractivity contribution < 1.29 is 23.8 Å². The number of carbonyl (C=O) groups excluding carboxylic acids is 2. The van der Waals surface area contributed by atoms with Gasteiger partial charge in [-0.2, -0.15) is 0 Å². The van der Waals surface area contributed by atoms with Crippen molar-refractivity contribution >= 4 is 11.9 Å². The minimum atomic E-state index is -0.470. The van der Waals surface area contributed by atoms with Gasteiger partial charge in [0.25, 0.3) is 0 Å². The highest BCUT2D eigenvalue weighted by atomic mass is 16.5. The van der Waals surface area contributed by atoms with Crippen LogP contribution in [0, 0.1) is 0 Å². The predicted octanol–water partition coefficient (Wildman–Crippen LogP) is 5.47. The van der Waals surface area contributed by atoms with Crippen molar-refractivity contribution in [2.24, 2.45) is 0 Å². The quantitative estimate of drug-likeness (QED) is 0.324. The molecule has 0 atom stereocenters. The summed E-state index contributed by atoms with van der Waals surface area (Å²) in [5.41, 5.74) is 1.60. The highest BCUT2D eigenvalue weighted by molar-refractivity contribution is 5.91. The Bertz CT molecular complexity index is 869. The first-order chi connectivity index (χ1) is 14.5. The number of unbranched alkanes of at least 4 members (excludes halogenated alkanes) is 2. The van der Waals surface area contributed by atoms with Crippen molar-refractivity contribution in [1.82, 2.24) is 0 Å². The zero-order valence-corrected chi connectivity index (χ0v) is 17.6. The monoisotopic (exact) mass is 408 g/mol. The molecule has 0 radical (unpaired) electrons. The van der Waals surface area contributed by atoms with Gasteiger partial charge in [0.15, 0.2) is 0 Å². The molecule has 0 unspecified atom stereocenters. The van der Waals surface area contributed by atoms with Crippen LogP contribution in [0.1, 0.15) is 43.0 Å². The normalized spacial score (nSPS) is 19.5. The molecule has 5 nitrogen and oxygen atoms in total. The summed E-state index contributed by atoms with van der Waals surface area (Å²) in [5.74, 6) is 0.0597. The first-order valence-electron chi connectivity index (χ1n) is 10.0. The number of hydrogen-bond donors (Lipinski definition) is 0. The lowest BCUT2D eigenvalue weighted by molar-refractivity contribution is -0.130. The second-order valence-electron chi connectivity index (χ2n) is 6.70. The van der Waals surface area contributed by atoms with Gasteiger partial charge < -0.3 is 14.2 Å². The molecule has 1 aliphatic carbocycles. The van der Waals surface area contributed by atoms with Gasteiger partial charge in [-0.25, -0.2) is 9.59 Å². The standard InChI is InChI=1S/C25H28O5/c1-4-5-9-18-29-23-17-14-20(11-8-6-7-10-19(23)2)25(27)30-22-15-12-21(13-16-22)24(26)28-3/h6-8,10,12-17H,2,4-5,9,11,18H2,1,3H3/b8-6-,10-7-,20-14+,23-17+. The molecule has 0 saturated heterocycles. The number of hydrogen-bond acceptors (Lipinski definition) is 5. The molecule has 0 aliphatic heterocycles. The molecular formula is C25H28O5. The second kappa shape index (κ2) is 12.3. The van der Waals surface area contributed by atoms with Gasteiger partial charge in [-0.1, -0.05) is 50.6 Å². The maximum atomic E-state index is 12.7. The predicted molar refractivity (Wildman–Crippen MR) is 117 cm³/mol. The van der Waals surface area contributed by atoms with Crippen LogP contribution in [0.15, 0.2) is 84.2 Å². The highest BCUT2D eigenvalue weighted by Gasteiger charge is 2.13. The molecule has 30 heavy (non-hydrogen) atoms. The van der Waals surface area contributed by atoms with Crippen molar-refractivity contribution in [2.75, 3.05) is 13.7 Å². The van der Waals surface area contributed by atoms with Crippen molar-refractivity contribution in [1.29, 1.82) is 0 Å². The van der Waals surface area contributed by atoms with Crippen molar-refractivity contribution in [3.8, 4) is 5.75 Å². The lowest BCUT2D eigenvalue weighted by Gasteiger charge is -2.11. The van der Waals surface area contributed by atoms with Crippen LogP contribution < -0.4 is 4.74 Å². The van der Waals surface area contributed by atoms with Gasteiger partial charge in [-0.15, -0.1) is 0 Å². The van der Waals surface area contributed by atoms with E-state index in [2.05, 4.69) is 18.2 Å². The van der Waals surface area contributed by atoms with Crippen molar-refractivity contribution in [3.05, 3.63) is 89.8 Å². The fourth-order valence-electron chi connectivity index (χ4n) is 2.65. The average molecular weight is 408 g/mol. The molecule has 5 heteroatoms. The minimum Gasteiger partial charge on any atom is -0.493 e. The maximum Gasteiger partial charge on any atom is 0.339 e. The van der Waals surface area contributed by atoms with Crippen LogP contribution in [-0.4, -0.2) is 25.7 Å². The number of esters is 2. The molecule has 0 heterocycles. The van der Waals surface area contributed by atoms with Crippen LogP contribution in [0.4, 0.5) is 0 Å². The molecule has 0 aromatic heterocycles. The van der Waals surface area contributed by atoms with E-state index in [-0.39, 0.29) is 0 Å². The maximum absolute atomic E-state index is 12.7. The van der Waals surface area contributed by atoms with E-state index < -0.39 is 11.9 Å². The van der Waals surface area contributed by atoms with Crippen LogP contribution in [0.2, 0.25) is 0 Å². The number of allylic oxidation sites excluding steroid dienone is 6. The van der Waals surface area contributed by atoms with Crippen LogP contribution in [-0.2, 0) is 14.3 Å². The summed E-state index contributed by atoms with van der Waals surface area (Å²) >= 11 is 0. The molecule has 1 aliphatic rings. The van der Waals surface area contributed by atoms with Crippen molar-refractivity contribution in [3.63, 3.8) is 0 Å². The van der Waals surface area contributed by atoms with Gasteiger partial charge in [0, 0.05) is 11.1 Å². The summed E-state index contributed by atoms with van der Waals surface area (Å²) in [6.07, 6.45) is 14.5. The van der Waals surface area contributed by atoms with E-state index in [1.54, 1.807) is 36.4 Å². The number of rotatable bonds is 8. The first kappa shape index (κ1) is 22.9. The zero-order valence-electron chi connectivity index (χ0n) is 17.6. The minimum absolute atomic E-state index is 0.346. The highest BCUT2D eigenvalue weighted by Crippen LogP contribution is 2.19. The van der Waals surface area contributed by atoms with E-state index in [0.717, 1.165) is 24.8 Å². The molecule has 0 amide bonds. The fraction of sp³-hybridized carbons (Fsp3) is 0.280. The van der Waals surface area contributed by atoms with Crippen molar-refractivity contribution in [2.45, 2.75) is 32.6 Å². The van der Waals surface area contributed by atoms with E-state index in [0.29, 0.717) is 35.7 Å². The summed E-state index contributed by atoms with van der Waals surface area (Å²) in [6, 6.07) is 6.22. The smallest absolute Gasteiger partial charge is 0.339 e. The van der Waals surface area contributed by atoms with Crippen LogP contribution in [0.5, 0.6) is 5.75 Å². The molecule has 0 bridgehead atoms. The largest absolute Gasteiger partial charge is 0.493 e. The van der Waals surface area contributed by atoms with Gasteiger partial charge in [0.2, 0.25) is 0 Å². The molecule has 0 spiro atoms. The number of benzene rings is 1. The van der Waals surface area contributed by atoms with Crippen LogP contribution in [0.25, 0.3) is 0 Å². The van der Waals surface area contributed by atoms with E-state index in [1.165, 1.54) is 7.11 Å². The summed E-state index contributed by atoms with van der Waals surface area (Å²) in [4.78, 5) is 24.2. The average Bonchev–Trinajstić information content (AvgIpc) is 2.76. The molecular weight excluding hydrogens is 380 g/mol. The molecule has 2 rings (SSSR count). The third-order valence-corrected chi connectivity index (χ3v) is 4.39. The molecule has 0 saturated carbocycles. The van der Waals surface area contributed by atoms with E-state index >= 15 is 0 Å². The number of carbonyl (C=O) groups is 2. The Hall–Kier alpha value is -3.34. The van der Waals surface area contributed by atoms with Gasteiger partial charge in [-0.05, 0) is 49.3 Å². The lowest BCUT2D eigenvalue weighted by atomic mass is 10.1. The molecule has 0 fully saturated rings. The molecule has 1 aromatic rings. The number of ether oxygens (including phenoxy) is 3. The number of methoxy groups -OCH3 is 1.